The molecule has 0 radical (unpaired) electrons. The van der Waals surface area contributed by atoms with E-state index in [1.54, 1.807) is 42.5 Å². The zero-order chi connectivity index (χ0) is 19.3. The Balaban J connectivity index is 1.89. The van der Waals surface area contributed by atoms with E-state index in [0.29, 0.717) is 21.5 Å². The van der Waals surface area contributed by atoms with Crippen LogP contribution in [0.3, 0.4) is 0 Å². The lowest BCUT2D eigenvalue weighted by atomic mass is 9.94. The molecule has 1 aliphatic heterocycles. The monoisotopic (exact) mass is 445 g/mol. The smallest absolute Gasteiger partial charge is 0.284 e. The predicted octanol–water partition coefficient (Wildman–Crippen LogP) is 4.79. The first-order valence-electron chi connectivity index (χ1n) is 7.69. The normalized spacial score (nSPS) is 13.2. The van der Waals surface area contributed by atoms with Gasteiger partial charge in [-0.05, 0) is 46.3 Å². The number of imide groups is 1. The summed E-state index contributed by atoms with van der Waals surface area (Å²) in [7, 11) is 0. The number of anilines is 1. The van der Waals surface area contributed by atoms with Crippen molar-refractivity contribution in [3.63, 3.8) is 0 Å². The average molecular weight is 447 g/mol. The molecule has 7 nitrogen and oxygen atoms in total. The van der Waals surface area contributed by atoms with E-state index >= 15 is 0 Å². The molecule has 0 aromatic heterocycles. The number of hydrazine groups is 1. The molecule has 2 amide bonds. The molecule has 27 heavy (non-hydrogen) atoms. The summed E-state index contributed by atoms with van der Waals surface area (Å²) in [6, 6.07) is 12.5. The standard InChI is InChI=1S/C18H9BrClN3O4/c19-16-11-2-1-3-12-15(11)13(8-14(16)23(26)27)18(25)22(17(12)24)21-10-6-4-9(20)5-7-10/h1-8,21H. The van der Waals surface area contributed by atoms with Gasteiger partial charge in [0.2, 0.25) is 0 Å². The molecule has 1 heterocycles. The van der Waals surface area contributed by atoms with Crippen molar-refractivity contribution >= 4 is 61.5 Å². The maximum absolute atomic E-state index is 12.9. The Hall–Kier alpha value is -2.97. The van der Waals surface area contributed by atoms with Crippen molar-refractivity contribution in [2.45, 2.75) is 0 Å². The SMILES string of the molecule is O=C1c2cccc3c(Br)c([N+](=O)[O-])cc(c23)C(=O)N1Nc1ccc(Cl)cc1. The van der Waals surface area contributed by atoms with E-state index in [9.17, 15) is 19.7 Å². The number of rotatable bonds is 3. The Bertz CT molecular complexity index is 1150. The third kappa shape index (κ3) is 2.73. The summed E-state index contributed by atoms with van der Waals surface area (Å²) in [5.74, 6) is -1.22. The molecule has 0 saturated carbocycles. The van der Waals surface area contributed by atoms with Gasteiger partial charge in [0.25, 0.3) is 17.5 Å². The largest absolute Gasteiger partial charge is 0.288 e. The Kier molecular flexibility index (Phi) is 4.09. The molecule has 0 bridgehead atoms. The van der Waals surface area contributed by atoms with E-state index in [1.165, 1.54) is 6.07 Å². The third-order valence-electron chi connectivity index (χ3n) is 4.23. The van der Waals surface area contributed by atoms with Crippen LogP contribution in [-0.2, 0) is 0 Å². The molecule has 0 unspecified atom stereocenters. The maximum atomic E-state index is 12.9. The molecule has 134 valence electrons. The zero-order valence-corrected chi connectivity index (χ0v) is 15.7. The van der Waals surface area contributed by atoms with E-state index < -0.39 is 16.7 Å². The molecule has 0 atom stereocenters. The van der Waals surface area contributed by atoms with Gasteiger partial charge >= 0.3 is 0 Å². The maximum Gasteiger partial charge on any atom is 0.284 e. The van der Waals surface area contributed by atoms with Gasteiger partial charge in [-0.3, -0.25) is 25.1 Å². The van der Waals surface area contributed by atoms with Crippen LogP contribution in [0, 0.1) is 10.1 Å². The molecule has 3 aromatic carbocycles. The molecular formula is C18H9BrClN3O4. The summed E-state index contributed by atoms with van der Waals surface area (Å²) < 4.78 is 0.229. The molecule has 3 aromatic rings. The highest BCUT2D eigenvalue weighted by atomic mass is 79.9. The average Bonchev–Trinajstić information content (AvgIpc) is 2.65. The van der Waals surface area contributed by atoms with Crippen molar-refractivity contribution in [1.29, 1.82) is 0 Å². The summed E-state index contributed by atoms with van der Waals surface area (Å²) in [5, 5.41) is 13.5. The van der Waals surface area contributed by atoms with Crippen LogP contribution < -0.4 is 5.43 Å². The molecule has 0 saturated heterocycles. The molecule has 9 heteroatoms. The number of nitrogens with zero attached hydrogens (tertiary/aromatic N) is 2. The van der Waals surface area contributed by atoms with Gasteiger partial charge in [0.15, 0.2) is 0 Å². The molecule has 0 aliphatic carbocycles. The summed E-state index contributed by atoms with van der Waals surface area (Å²) in [6.45, 7) is 0. The van der Waals surface area contributed by atoms with Crippen LogP contribution in [-0.4, -0.2) is 21.7 Å². The Morgan fingerprint density at radius 1 is 1.04 bits per heavy atom. The summed E-state index contributed by atoms with van der Waals surface area (Å²) in [5.41, 5.74) is 3.33. The lowest BCUT2D eigenvalue weighted by Crippen LogP contribution is -2.44. The van der Waals surface area contributed by atoms with Crippen molar-refractivity contribution in [2.24, 2.45) is 0 Å². The first-order valence-corrected chi connectivity index (χ1v) is 8.86. The van der Waals surface area contributed by atoms with Crippen molar-refractivity contribution in [3.8, 4) is 0 Å². The highest BCUT2D eigenvalue weighted by Crippen LogP contribution is 2.39. The van der Waals surface area contributed by atoms with Crippen LogP contribution in [0.25, 0.3) is 10.8 Å². The van der Waals surface area contributed by atoms with Gasteiger partial charge in [0, 0.05) is 21.9 Å². The van der Waals surface area contributed by atoms with E-state index in [1.807, 2.05) is 0 Å². The van der Waals surface area contributed by atoms with Crippen LogP contribution in [0.5, 0.6) is 0 Å². The summed E-state index contributed by atoms with van der Waals surface area (Å²) in [6.07, 6.45) is 0. The predicted molar refractivity (Wildman–Crippen MR) is 104 cm³/mol. The van der Waals surface area contributed by atoms with Crippen LogP contribution in [0.2, 0.25) is 5.02 Å². The number of halogens is 2. The number of benzene rings is 3. The lowest BCUT2D eigenvalue weighted by Gasteiger charge is -2.28. The zero-order valence-electron chi connectivity index (χ0n) is 13.4. The minimum absolute atomic E-state index is 0.0802. The number of nitro groups is 1. The Morgan fingerprint density at radius 3 is 2.37 bits per heavy atom. The van der Waals surface area contributed by atoms with Gasteiger partial charge in [-0.15, -0.1) is 0 Å². The second kappa shape index (κ2) is 6.33. The Labute approximate surface area is 165 Å². The Morgan fingerprint density at radius 2 is 1.70 bits per heavy atom. The molecule has 0 spiro atoms. The number of carbonyl (C=O) groups excluding carboxylic acids is 2. The first kappa shape index (κ1) is 17.4. The van der Waals surface area contributed by atoms with Crippen molar-refractivity contribution in [3.05, 3.63) is 79.3 Å². The topological polar surface area (TPSA) is 92.5 Å². The number of nitro benzene ring substituents is 1. The molecule has 0 fully saturated rings. The number of hydrogen-bond donors (Lipinski definition) is 1. The van der Waals surface area contributed by atoms with Crippen LogP contribution in [0.15, 0.2) is 53.0 Å². The van der Waals surface area contributed by atoms with Crippen LogP contribution >= 0.6 is 27.5 Å². The van der Waals surface area contributed by atoms with Crippen molar-refractivity contribution < 1.29 is 14.5 Å². The van der Waals surface area contributed by atoms with Gasteiger partial charge in [-0.25, -0.2) is 0 Å². The highest BCUT2D eigenvalue weighted by Gasteiger charge is 2.36. The minimum atomic E-state index is -0.672. The van der Waals surface area contributed by atoms with E-state index in [2.05, 4.69) is 21.4 Å². The quantitative estimate of drug-likeness (QED) is 0.355. The fourth-order valence-electron chi connectivity index (χ4n) is 3.00. The van der Waals surface area contributed by atoms with Gasteiger partial charge in [0.05, 0.1) is 21.7 Å². The van der Waals surface area contributed by atoms with Crippen LogP contribution in [0.1, 0.15) is 20.7 Å². The second-order valence-electron chi connectivity index (χ2n) is 5.81. The molecule has 1 aliphatic rings. The van der Waals surface area contributed by atoms with E-state index in [4.69, 9.17) is 11.6 Å². The number of hydrogen-bond acceptors (Lipinski definition) is 5. The second-order valence-corrected chi connectivity index (χ2v) is 7.04. The van der Waals surface area contributed by atoms with Crippen molar-refractivity contribution in [2.75, 3.05) is 5.43 Å². The van der Waals surface area contributed by atoms with E-state index in [0.717, 1.165) is 5.01 Å². The fraction of sp³-hybridized carbons (Fsp3) is 0. The van der Waals surface area contributed by atoms with Gasteiger partial charge in [0.1, 0.15) is 4.47 Å². The van der Waals surface area contributed by atoms with Crippen LogP contribution in [0.4, 0.5) is 11.4 Å². The first-order chi connectivity index (χ1) is 12.9. The number of carbonyl (C=O) groups is 2. The highest BCUT2D eigenvalue weighted by molar-refractivity contribution is 9.10. The minimum Gasteiger partial charge on any atom is -0.288 e. The van der Waals surface area contributed by atoms with Gasteiger partial charge < -0.3 is 0 Å². The number of amides is 2. The molecular weight excluding hydrogens is 438 g/mol. The summed E-state index contributed by atoms with van der Waals surface area (Å²) >= 11 is 9.06. The number of nitrogens with one attached hydrogen (secondary N) is 1. The van der Waals surface area contributed by atoms with Gasteiger partial charge in [-0.1, -0.05) is 23.7 Å². The van der Waals surface area contributed by atoms with E-state index in [-0.39, 0.29) is 21.3 Å². The van der Waals surface area contributed by atoms with Crippen molar-refractivity contribution in [1.82, 2.24) is 5.01 Å². The van der Waals surface area contributed by atoms with Gasteiger partial charge in [-0.2, -0.15) is 5.01 Å². The third-order valence-corrected chi connectivity index (χ3v) is 5.31. The molecule has 4 rings (SSSR count). The molecule has 1 N–H and O–H groups in total. The lowest BCUT2D eigenvalue weighted by molar-refractivity contribution is -0.385. The summed E-state index contributed by atoms with van der Waals surface area (Å²) in [4.78, 5) is 36.6. The fourth-order valence-corrected chi connectivity index (χ4v) is 3.72.